The third-order valence-electron chi connectivity index (χ3n) is 4.23. The second kappa shape index (κ2) is 6.44. The van der Waals surface area contributed by atoms with E-state index >= 15 is 0 Å². The summed E-state index contributed by atoms with van der Waals surface area (Å²) in [5, 5.41) is 4.50. The van der Waals surface area contributed by atoms with E-state index in [1.54, 1.807) is 6.20 Å². The topological polar surface area (TPSA) is 45.2 Å². The van der Waals surface area contributed by atoms with Gasteiger partial charge in [0.2, 0.25) is 0 Å². The predicted molar refractivity (Wildman–Crippen MR) is 88.9 cm³/mol. The highest BCUT2D eigenvalue weighted by atomic mass is 16.2. The van der Waals surface area contributed by atoms with E-state index in [1.807, 2.05) is 35.2 Å². The van der Waals surface area contributed by atoms with Crippen LogP contribution in [0, 0.1) is 0 Å². The molecule has 1 amide bonds. The molecule has 1 aromatic carbocycles. The summed E-state index contributed by atoms with van der Waals surface area (Å²) in [5.41, 5.74) is 1.64. The van der Waals surface area contributed by atoms with E-state index in [9.17, 15) is 4.79 Å². The van der Waals surface area contributed by atoms with Gasteiger partial charge in [0, 0.05) is 36.8 Å². The summed E-state index contributed by atoms with van der Waals surface area (Å²) in [4.78, 5) is 19.1. The summed E-state index contributed by atoms with van der Waals surface area (Å²) in [7, 11) is 0. The number of piperidine rings is 1. The van der Waals surface area contributed by atoms with Crippen molar-refractivity contribution in [3.05, 3.63) is 42.1 Å². The molecule has 0 spiro atoms. The van der Waals surface area contributed by atoms with Crippen LogP contribution in [0.25, 0.3) is 10.9 Å². The number of aromatic nitrogens is 1. The number of hydrogen-bond acceptors (Lipinski definition) is 3. The number of nitrogens with one attached hydrogen (secondary N) is 1. The van der Waals surface area contributed by atoms with Crippen LogP contribution in [0.2, 0.25) is 0 Å². The van der Waals surface area contributed by atoms with Gasteiger partial charge in [-0.2, -0.15) is 0 Å². The van der Waals surface area contributed by atoms with Gasteiger partial charge in [0.15, 0.2) is 0 Å². The van der Waals surface area contributed by atoms with Crippen molar-refractivity contribution in [2.45, 2.75) is 38.8 Å². The van der Waals surface area contributed by atoms with E-state index in [-0.39, 0.29) is 5.91 Å². The van der Waals surface area contributed by atoms with Crippen molar-refractivity contribution < 1.29 is 4.79 Å². The zero-order valence-electron chi connectivity index (χ0n) is 13.2. The minimum absolute atomic E-state index is 0.126. The van der Waals surface area contributed by atoms with Gasteiger partial charge >= 0.3 is 0 Å². The fourth-order valence-electron chi connectivity index (χ4n) is 3.17. The summed E-state index contributed by atoms with van der Waals surface area (Å²) in [5.74, 6) is 0.126. The summed E-state index contributed by atoms with van der Waals surface area (Å²) in [6.07, 6.45) is 3.77. The Morgan fingerprint density at radius 1 is 1.23 bits per heavy atom. The van der Waals surface area contributed by atoms with Crippen LogP contribution >= 0.6 is 0 Å². The van der Waals surface area contributed by atoms with Gasteiger partial charge in [-0.1, -0.05) is 32.0 Å². The van der Waals surface area contributed by atoms with E-state index < -0.39 is 0 Å². The van der Waals surface area contributed by atoms with Crippen LogP contribution in [0.1, 0.15) is 37.0 Å². The fraction of sp³-hybridized carbons (Fsp3) is 0.444. The van der Waals surface area contributed by atoms with Crippen LogP contribution in [-0.4, -0.2) is 41.0 Å². The van der Waals surface area contributed by atoms with Gasteiger partial charge in [-0.05, 0) is 25.0 Å². The van der Waals surface area contributed by atoms with Gasteiger partial charge in [0.05, 0.1) is 11.1 Å². The number of rotatable bonds is 3. The van der Waals surface area contributed by atoms with Gasteiger partial charge in [-0.25, -0.2) is 0 Å². The molecular weight excluding hydrogens is 274 g/mol. The molecule has 1 aliphatic rings. The number of nitrogens with zero attached hydrogens (tertiary/aromatic N) is 2. The lowest BCUT2D eigenvalue weighted by Crippen LogP contribution is -2.46. The molecule has 0 atom stereocenters. The number of likely N-dealkylation sites (tertiary alicyclic amines) is 1. The Morgan fingerprint density at radius 2 is 1.95 bits per heavy atom. The number of para-hydroxylation sites is 1. The molecule has 1 fully saturated rings. The lowest BCUT2D eigenvalue weighted by molar-refractivity contribution is 0.0705. The van der Waals surface area contributed by atoms with Crippen LogP contribution in [0.3, 0.4) is 0 Å². The quantitative estimate of drug-likeness (QED) is 0.947. The maximum Gasteiger partial charge on any atom is 0.254 e. The van der Waals surface area contributed by atoms with Gasteiger partial charge in [0.1, 0.15) is 0 Å². The molecule has 4 heteroatoms. The third kappa shape index (κ3) is 3.12. The Balaban J connectivity index is 1.74. The molecule has 0 saturated carbocycles. The molecule has 0 radical (unpaired) electrons. The number of carbonyl (C=O) groups excluding carboxylic acids is 1. The van der Waals surface area contributed by atoms with Crippen molar-refractivity contribution >= 4 is 16.8 Å². The van der Waals surface area contributed by atoms with Crippen molar-refractivity contribution in [1.29, 1.82) is 0 Å². The molecule has 2 aromatic rings. The average Bonchev–Trinajstić information content (AvgIpc) is 2.54. The largest absolute Gasteiger partial charge is 0.339 e. The Morgan fingerprint density at radius 3 is 2.68 bits per heavy atom. The Bertz CT molecular complexity index is 655. The number of benzene rings is 1. The van der Waals surface area contributed by atoms with Gasteiger partial charge in [-0.3, -0.25) is 9.78 Å². The maximum absolute atomic E-state index is 12.8. The molecule has 1 aromatic heterocycles. The summed E-state index contributed by atoms with van der Waals surface area (Å²) >= 11 is 0. The predicted octanol–water partition coefficient (Wildman–Crippen LogP) is 2.84. The SMILES string of the molecule is CC(C)NC1CCN(C(=O)c2ccnc3ccccc23)CC1. The number of fused-ring (bicyclic) bond motifs is 1. The standard InChI is InChI=1S/C18H23N3O/c1-13(2)20-14-8-11-21(12-9-14)18(22)16-7-10-19-17-6-4-3-5-15(16)17/h3-7,10,13-14,20H,8-9,11-12H2,1-2H3. The summed E-state index contributed by atoms with van der Waals surface area (Å²) in [6, 6.07) is 10.7. The van der Waals surface area contributed by atoms with E-state index in [0.29, 0.717) is 12.1 Å². The molecule has 1 N–H and O–H groups in total. The van der Waals surface area contributed by atoms with Crippen molar-refractivity contribution in [1.82, 2.24) is 15.2 Å². The third-order valence-corrected chi connectivity index (χ3v) is 4.23. The maximum atomic E-state index is 12.8. The number of pyridine rings is 1. The van der Waals surface area contributed by atoms with E-state index in [0.717, 1.165) is 42.4 Å². The average molecular weight is 297 g/mol. The van der Waals surface area contributed by atoms with Gasteiger partial charge < -0.3 is 10.2 Å². The first-order valence-electron chi connectivity index (χ1n) is 8.04. The molecule has 1 saturated heterocycles. The lowest BCUT2D eigenvalue weighted by atomic mass is 10.0. The molecule has 116 valence electrons. The molecule has 4 nitrogen and oxygen atoms in total. The molecular formula is C18H23N3O. The Labute approximate surface area is 131 Å². The van der Waals surface area contributed by atoms with E-state index in [2.05, 4.69) is 24.1 Å². The second-order valence-electron chi connectivity index (χ2n) is 6.26. The molecule has 0 aliphatic carbocycles. The Hall–Kier alpha value is -1.94. The zero-order chi connectivity index (χ0) is 15.5. The highest BCUT2D eigenvalue weighted by Crippen LogP contribution is 2.20. The number of carbonyl (C=O) groups is 1. The van der Waals surface area contributed by atoms with E-state index in [1.165, 1.54) is 0 Å². The molecule has 3 rings (SSSR count). The molecule has 0 bridgehead atoms. The normalized spacial score (nSPS) is 16.4. The highest BCUT2D eigenvalue weighted by Gasteiger charge is 2.24. The Kier molecular flexibility index (Phi) is 4.39. The van der Waals surface area contributed by atoms with Gasteiger partial charge in [0.25, 0.3) is 5.91 Å². The summed E-state index contributed by atoms with van der Waals surface area (Å²) in [6.45, 7) is 5.97. The van der Waals surface area contributed by atoms with Crippen molar-refractivity contribution in [3.63, 3.8) is 0 Å². The smallest absolute Gasteiger partial charge is 0.254 e. The number of amides is 1. The van der Waals surface area contributed by atoms with E-state index in [4.69, 9.17) is 0 Å². The number of hydrogen-bond donors (Lipinski definition) is 1. The zero-order valence-corrected chi connectivity index (χ0v) is 13.2. The van der Waals surface area contributed by atoms with Crippen LogP contribution in [0.15, 0.2) is 36.5 Å². The highest BCUT2D eigenvalue weighted by molar-refractivity contribution is 6.05. The molecule has 1 aliphatic heterocycles. The van der Waals surface area contributed by atoms with Crippen LogP contribution in [0.5, 0.6) is 0 Å². The van der Waals surface area contributed by atoms with Crippen LogP contribution in [-0.2, 0) is 0 Å². The molecule has 22 heavy (non-hydrogen) atoms. The second-order valence-corrected chi connectivity index (χ2v) is 6.26. The molecule has 0 unspecified atom stereocenters. The van der Waals surface area contributed by atoms with Crippen molar-refractivity contribution in [2.24, 2.45) is 0 Å². The minimum atomic E-state index is 0.126. The first kappa shape index (κ1) is 15.0. The first-order chi connectivity index (χ1) is 10.6. The van der Waals surface area contributed by atoms with Crippen molar-refractivity contribution in [2.75, 3.05) is 13.1 Å². The monoisotopic (exact) mass is 297 g/mol. The van der Waals surface area contributed by atoms with Crippen LogP contribution < -0.4 is 5.32 Å². The lowest BCUT2D eigenvalue weighted by Gasteiger charge is -2.33. The first-order valence-corrected chi connectivity index (χ1v) is 8.04. The van der Waals surface area contributed by atoms with Crippen molar-refractivity contribution in [3.8, 4) is 0 Å². The summed E-state index contributed by atoms with van der Waals surface area (Å²) < 4.78 is 0. The van der Waals surface area contributed by atoms with Gasteiger partial charge in [-0.15, -0.1) is 0 Å². The van der Waals surface area contributed by atoms with Crippen LogP contribution in [0.4, 0.5) is 0 Å². The fourth-order valence-corrected chi connectivity index (χ4v) is 3.17. The molecule has 2 heterocycles. The minimum Gasteiger partial charge on any atom is -0.339 e.